The molecule has 0 aliphatic rings. The fraction of sp³-hybridized carbons (Fsp3) is 0.538. The van der Waals surface area contributed by atoms with Gasteiger partial charge in [0.1, 0.15) is 30.4 Å². The summed E-state index contributed by atoms with van der Waals surface area (Å²) >= 11 is 0. The number of carboxylic acids is 1. The number of rotatable bonds is 17. The fourth-order valence-electron chi connectivity index (χ4n) is 3.71. The molecule has 0 heterocycles. The lowest BCUT2D eigenvalue weighted by molar-refractivity contribution is -0.138. The van der Waals surface area contributed by atoms with Crippen molar-refractivity contribution in [2.24, 2.45) is 28.1 Å². The third-order valence-electron chi connectivity index (χ3n) is 5.82. The van der Waals surface area contributed by atoms with E-state index in [0.29, 0.717) is 12.0 Å². The number of hydrogen-bond acceptors (Lipinski definition) is 8. The van der Waals surface area contributed by atoms with E-state index in [9.17, 15) is 29.1 Å². The predicted molar refractivity (Wildman–Crippen MR) is 151 cm³/mol. The van der Waals surface area contributed by atoms with E-state index in [0.717, 1.165) is 0 Å². The van der Waals surface area contributed by atoms with Crippen LogP contribution in [0.3, 0.4) is 0 Å². The van der Waals surface area contributed by atoms with Crippen LogP contribution >= 0.6 is 0 Å². The topological polar surface area (TPSA) is 264 Å². The number of nitrogens with one attached hydrogen (secondary N) is 4. The molecule has 0 spiro atoms. The molecule has 0 radical (unpaired) electrons. The van der Waals surface area contributed by atoms with Crippen LogP contribution in [0.1, 0.15) is 45.6 Å². The number of phenols is 1. The number of phenolic OH excluding ortho intramolecular Hbond substituents is 1. The summed E-state index contributed by atoms with van der Waals surface area (Å²) < 4.78 is 0. The van der Waals surface area contributed by atoms with Crippen molar-refractivity contribution in [2.75, 3.05) is 13.1 Å². The molecule has 4 amide bonds. The van der Waals surface area contributed by atoms with Crippen LogP contribution < -0.4 is 38.5 Å². The summed E-state index contributed by atoms with van der Waals surface area (Å²) in [7, 11) is 0. The van der Waals surface area contributed by atoms with E-state index >= 15 is 0 Å². The van der Waals surface area contributed by atoms with Gasteiger partial charge in [0, 0.05) is 13.0 Å². The number of aliphatic imine (C=N–C) groups is 1. The van der Waals surface area contributed by atoms with Crippen LogP contribution in [0.5, 0.6) is 5.75 Å². The molecular weight excluding hydrogens is 536 g/mol. The minimum absolute atomic E-state index is 0.0248. The number of carbonyl (C=O) groups excluding carboxylic acids is 4. The molecule has 0 unspecified atom stereocenters. The number of aromatic hydroxyl groups is 1. The van der Waals surface area contributed by atoms with Gasteiger partial charge in [-0.25, -0.2) is 0 Å². The Balaban J connectivity index is 3.13. The average molecular weight is 579 g/mol. The number of benzene rings is 1. The summed E-state index contributed by atoms with van der Waals surface area (Å²) in [5, 5.41) is 28.2. The number of nitrogens with zero attached hydrogens (tertiary/aromatic N) is 1. The summed E-state index contributed by atoms with van der Waals surface area (Å²) in [6, 6.07) is 1.79. The van der Waals surface area contributed by atoms with E-state index in [1.165, 1.54) is 19.1 Å². The van der Waals surface area contributed by atoms with Gasteiger partial charge in [-0.1, -0.05) is 26.0 Å². The largest absolute Gasteiger partial charge is 0.508 e. The Labute approximate surface area is 238 Å². The molecule has 15 nitrogen and oxygen atoms in total. The molecule has 0 saturated carbocycles. The molecule has 15 heteroatoms. The lowest BCUT2D eigenvalue weighted by Gasteiger charge is -2.25. The average Bonchev–Trinajstić information content (AvgIpc) is 2.88. The zero-order valence-electron chi connectivity index (χ0n) is 23.6. The first-order valence-electron chi connectivity index (χ1n) is 13.2. The van der Waals surface area contributed by atoms with Crippen molar-refractivity contribution in [3.63, 3.8) is 0 Å². The smallest absolute Gasteiger partial charge is 0.322 e. The zero-order chi connectivity index (χ0) is 31.1. The predicted octanol–water partition coefficient (Wildman–Crippen LogP) is -1.96. The summed E-state index contributed by atoms with van der Waals surface area (Å²) in [6.45, 7) is 4.70. The van der Waals surface area contributed by atoms with E-state index < -0.39 is 60.3 Å². The molecule has 1 rings (SSSR count). The van der Waals surface area contributed by atoms with Gasteiger partial charge in [-0.3, -0.25) is 29.0 Å². The second-order valence-electron chi connectivity index (χ2n) is 10.0. The standard InChI is InChI=1S/C26H42N8O7/c1-14(2)11-18(27)23(39)34-20(12-16-6-8-17(35)9-7-16)25(41)33-19(5-4-10-30-26(28)29)24(40)32-15(3)22(38)31-13-21(36)37/h6-9,14-15,18-20,35H,4-5,10-13,27H2,1-3H3,(H,31,38)(H,32,40)(H,33,41)(H,34,39)(H,36,37)(H4,28,29,30)/t15-,18-,19-,20-/m1/s1. The lowest BCUT2D eigenvalue weighted by atomic mass is 10.0. The minimum Gasteiger partial charge on any atom is -0.508 e. The Bertz CT molecular complexity index is 1070. The molecule has 0 saturated heterocycles. The monoisotopic (exact) mass is 578 g/mol. The van der Waals surface area contributed by atoms with Crippen LogP contribution in [-0.4, -0.2) is 83.0 Å². The number of hydrogen-bond donors (Lipinski definition) is 9. The highest BCUT2D eigenvalue weighted by atomic mass is 16.4. The van der Waals surface area contributed by atoms with Crippen molar-refractivity contribution in [2.45, 2.75) is 70.6 Å². The van der Waals surface area contributed by atoms with Crippen LogP contribution in [-0.2, 0) is 30.4 Å². The third kappa shape index (κ3) is 14.0. The second-order valence-corrected chi connectivity index (χ2v) is 10.0. The summed E-state index contributed by atoms with van der Waals surface area (Å²) in [4.78, 5) is 66.1. The molecule has 0 aliphatic heterocycles. The number of carbonyl (C=O) groups is 5. The quantitative estimate of drug-likeness (QED) is 0.0559. The summed E-state index contributed by atoms with van der Waals surface area (Å²) in [5.41, 5.74) is 17.3. The Morgan fingerprint density at radius 2 is 1.46 bits per heavy atom. The van der Waals surface area contributed by atoms with Gasteiger partial charge in [0.05, 0.1) is 6.04 Å². The van der Waals surface area contributed by atoms with E-state index in [1.54, 1.807) is 12.1 Å². The second kappa shape index (κ2) is 17.3. The SMILES string of the molecule is CC(C)C[C@@H](N)C(=O)N[C@H](Cc1ccc(O)cc1)C(=O)N[C@H](CCCN=C(N)N)C(=O)N[C@H](C)C(=O)NCC(=O)O. The zero-order valence-corrected chi connectivity index (χ0v) is 23.6. The maximum atomic E-state index is 13.4. The van der Waals surface area contributed by atoms with Crippen molar-refractivity contribution >= 4 is 35.6 Å². The van der Waals surface area contributed by atoms with Crippen molar-refractivity contribution < 1.29 is 34.2 Å². The highest BCUT2D eigenvalue weighted by Crippen LogP contribution is 2.12. The van der Waals surface area contributed by atoms with Crippen molar-refractivity contribution in [3.05, 3.63) is 29.8 Å². The molecule has 228 valence electrons. The van der Waals surface area contributed by atoms with Gasteiger partial charge in [-0.15, -0.1) is 0 Å². The van der Waals surface area contributed by atoms with Gasteiger partial charge in [0.15, 0.2) is 5.96 Å². The third-order valence-corrected chi connectivity index (χ3v) is 5.82. The van der Waals surface area contributed by atoms with Crippen LogP contribution in [0.25, 0.3) is 0 Å². The van der Waals surface area contributed by atoms with Gasteiger partial charge >= 0.3 is 5.97 Å². The van der Waals surface area contributed by atoms with E-state index in [2.05, 4.69) is 26.3 Å². The van der Waals surface area contributed by atoms with E-state index in [-0.39, 0.29) is 43.4 Å². The van der Waals surface area contributed by atoms with Crippen LogP contribution in [0.15, 0.2) is 29.3 Å². The molecule has 41 heavy (non-hydrogen) atoms. The van der Waals surface area contributed by atoms with Gasteiger partial charge in [-0.05, 0) is 49.8 Å². The first kappa shape index (κ1) is 34.6. The van der Waals surface area contributed by atoms with Crippen molar-refractivity contribution in [3.8, 4) is 5.75 Å². The Kier molecular flexibility index (Phi) is 14.6. The van der Waals surface area contributed by atoms with Crippen LogP contribution in [0, 0.1) is 5.92 Å². The number of amides is 4. The van der Waals surface area contributed by atoms with Gasteiger partial charge in [0.2, 0.25) is 23.6 Å². The Morgan fingerprint density at radius 3 is 2.02 bits per heavy atom. The number of carboxylic acid groups (broad SMARTS) is 1. The molecule has 1 aromatic rings. The van der Waals surface area contributed by atoms with Gasteiger partial charge < -0.3 is 48.7 Å². The molecule has 0 aromatic heterocycles. The van der Waals surface area contributed by atoms with E-state index in [4.69, 9.17) is 22.3 Å². The van der Waals surface area contributed by atoms with E-state index in [1.807, 2.05) is 13.8 Å². The maximum Gasteiger partial charge on any atom is 0.322 e. The van der Waals surface area contributed by atoms with Crippen LogP contribution in [0.4, 0.5) is 0 Å². The Hall–Kier alpha value is -4.40. The van der Waals surface area contributed by atoms with Crippen molar-refractivity contribution in [1.29, 1.82) is 0 Å². The molecule has 1 aromatic carbocycles. The summed E-state index contributed by atoms with van der Waals surface area (Å²) in [5.74, 6) is -3.92. The van der Waals surface area contributed by atoms with Gasteiger partial charge in [-0.2, -0.15) is 0 Å². The highest BCUT2D eigenvalue weighted by molar-refractivity contribution is 5.95. The number of guanidine groups is 1. The molecule has 0 fully saturated rings. The fourth-order valence-corrected chi connectivity index (χ4v) is 3.71. The van der Waals surface area contributed by atoms with Gasteiger partial charge in [0.25, 0.3) is 0 Å². The molecule has 0 aliphatic carbocycles. The molecular formula is C26H42N8O7. The van der Waals surface area contributed by atoms with Crippen molar-refractivity contribution in [1.82, 2.24) is 21.3 Å². The minimum atomic E-state index is -1.25. The lowest BCUT2D eigenvalue weighted by Crippen LogP contribution is -2.58. The first-order chi connectivity index (χ1) is 19.2. The Morgan fingerprint density at radius 1 is 0.878 bits per heavy atom. The summed E-state index contributed by atoms with van der Waals surface area (Å²) in [6.07, 6.45) is 0.772. The molecule has 0 bridgehead atoms. The number of aliphatic carboxylic acids is 1. The first-order valence-corrected chi connectivity index (χ1v) is 13.2. The molecule has 4 atom stereocenters. The van der Waals surface area contributed by atoms with Crippen LogP contribution in [0.2, 0.25) is 0 Å². The molecule has 12 N–H and O–H groups in total. The normalized spacial score (nSPS) is 13.7. The maximum absolute atomic E-state index is 13.4. The number of nitrogens with two attached hydrogens (primary N) is 3. The highest BCUT2D eigenvalue weighted by Gasteiger charge is 2.29.